The summed E-state index contributed by atoms with van der Waals surface area (Å²) in [5, 5.41) is 0. The first-order valence-corrected chi connectivity index (χ1v) is 23.6. The molecule has 6 nitrogen and oxygen atoms in total. The van der Waals surface area contributed by atoms with Crippen molar-refractivity contribution in [1.29, 1.82) is 0 Å². The van der Waals surface area contributed by atoms with Gasteiger partial charge in [0.05, 0.1) is 6.42 Å². The number of hydrogen-bond acceptors (Lipinski definition) is 6. The van der Waals surface area contributed by atoms with Crippen LogP contribution in [0.3, 0.4) is 0 Å². The van der Waals surface area contributed by atoms with Crippen LogP contribution < -0.4 is 0 Å². The molecule has 0 aliphatic heterocycles. The van der Waals surface area contributed by atoms with E-state index in [0.717, 1.165) is 64.2 Å². The molecule has 0 aromatic carbocycles. The van der Waals surface area contributed by atoms with Gasteiger partial charge in [0.1, 0.15) is 13.2 Å². The van der Waals surface area contributed by atoms with Crippen molar-refractivity contribution in [3.05, 3.63) is 85.1 Å². The summed E-state index contributed by atoms with van der Waals surface area (Å²) in [6.45, 7) is 6.24. The lowest BCUT2D eigenvalue weighted by Gasteiger charge is -2.18. The van der Waals surface area contributed by atoms with Crippen LogP contribution in [0.15, 0.2) is 85.1 Å². The van der Waals surface area contributed by atoms with E-state index in [1.807, 2.05) is 42.5 Å². The first-order valence-electron chi connectivity index (χ1n) is 23.6. The van der Waals surface area contributed by atoms with Crippen LogP contribution in [0.1, 0.15) is 207 Å². The third kappa shape index (κ3) is 43.7. The van der Waals surface area contributed by atoms with Gasteiger partial charge in [-0.1, -0.05) is 221 Å². The molecule has 0 saturated carbocycles. The minimum atomic E-state index is -0.829. The normalized spacial score (nSPS) is 12.8. The van der Waals surface area contributed by atoms with E-state index in [1.54, 1.807) is 6.08 Å². The lowest BCUT2D eigenvalue weighted by atomic mass is 10.0. The van der Waals surface area contributed by atoms with E-state index in [4.69, 9.17) is 14.2 Å². The van der Waals surface area contributed by atoms with E-state index < -0.39 is 12.1 Å². The number of carbonyl (C=O) groups excluding carboxylic acids is 3. The molecule has 0 spiro atoms. The van der Waals surface area contributed by atoms with Crippen molar-refractivity contribution in [2.75, 3.05) is 13.2 Å². The molecule has 0 bridgehead atoms. The summed E-state index contributed by atoms with van der Waals surface area (Å²) >= 11 is 0. The van der Waals surface area contributed by atoms with Gasteiger partial charge in [-0.3, -0.25) is 14.4 Å². The summed E-state index contributed by atoms with van der Waals surface area (Å²) in [4.78, 5) is 37.7. The molecule has 0 radical (unpaired) electrons. The third-order valence-corrected chi connectivity index (χ3v) is 9.77. The topological polar surface area (TPSA) is 78.9 Å². The number of rotatable bonds is 41. The molecule has 330 valence electrons. The molecule has 0 fully saturated rings. The standard InChI is InChI=1S/C52H86O6/c1-4-7-10-13-16-19-21-23-24-25-26-27-29-30-33-36-39-42-45-51(54)57-48-49(47-56-50(53)44-41-38-35-32-18-15-12-9-6-3)58-52(55)46-43-40-37-34-31-28-22-20-17-14-11-8-5-2/h8-9,11-12,14,17-18,20,22,28,31-32,38,41,49H,4-7,10,13,15-16,19,21,23-27,29-30,33-37,39-40,42-48H2,1-3H3/b11-8-,12-9-,17-14-,22-20-,31-28-,32-18-,41-38-. The maximum atomic E-state index is 12.7. The van der Waals surface area contributed by atoms with Gasteiger partial charge in [-0.15, -0.1) is 0 Å². The second-order valence-corrected chi connectivity index (χ2v) is 15.4. The van der Waals surface area contributed by atoms with Gasteiger partial charge >= 0.3 is 17.9 Å². The number of unbranched alkanes of at least 4 members (excludes halogenated alkanes) is 20. The van der Waals surface area contributed by atoms with Gasteiger partial charge in [0.15, 0.2) is 6.10 Å². The number of ether oxygens (including phenoxy) is 3. The van der Waals surface area contributed by atoms with Gasteiger partial charge in [-0.25, -0.2) is 0 Å². The average molecular weight is 807 g/mol. The molecule has 0 rings (SSSR count). The summed E-state index contributed by atoms with van der Waals surface area (Å²) < 4.78 is 16.6. The summed E-state index contributed by atoms with van der Waals surface area (Å²) in [6, 6.07) is 0. The number of carbonyl (C=O) groups is 3. The van der Waals surface area contributed by atoms with Crippen molar-refractivity contribution in [3.63, 3.8) is 0 Å². The number of allylic oxidation sites excluding steroid dienone is 13. The fourth-order valence-corrected chi connectivity index (χ4v) is 6.28. The summed E-state index contributed by atoms with van der Waals surface area (Å²) in [7, 11) is 0. The molecule has 0 heterocycles. The van der Waals surface area contributed by atoms with Crippen LogP contribution in [-0.2, 0) is 28.6 Å². The Bertz CT molecular complexity index is 1160. The van der Waals surface area contributed by atoms with E-state index in [2.05, 4.69) is 57.2 Å². The monoisotopic (exact) mass is 807 g/mol. The zero-order chi connectivity index (χ0) is 42.3. The second kappa shape index (κ2) is 46.3. The fourth-order valence-electron chi connectivity index (χ4n) is 6.28. The minimum absolute atomic E-state index is 0.119. The van der Waals surface area contributed by atoms with Gasteiger partial charge < -0.3 is 14.2 Å². The van der Waals surface area contributed by atoms with Crippen LogP contribution in [0.25, 0.3) is 0 Å². The van der Waals surface area contributed by atoms with Crippen molar-refractivity contribution in [2.45, 2.75) is 213 Å². The Balaban J connectivity index is 4.40. The van der Waals surface area contributed by atoms with Crippen molar-refractivity contribution in [3.8, 4) is 0 Å². The Labute approximate surface area is 356 Å². The maximum absolute atomic E-state index is 12.7. The summed E-state index contributed by atoms with van der Waals surface area (Å²) in [6.07, 6.45) is 59.0. The first kappa shape index (κ1) is 54.6. The van der Waals surface area contributed by atoms with Gasteiger partial charge in [0, 0.05) is 12.8 Å². The van der Waals surface area contributed by atoms with Crippen molar-refractivity contribution < 1.29 is 28.6 Å². The lowest BCUT2D eigenvalue weighted by Crippen LogP contribution is -2.30. The predicted octanol–water partition coefficient (Wildman–Crippen LogP) is 15.3. The fraction of sp³-hybridized carbons (Fsp3) is 0.673. The number of esters is 3. The Morgan fingerprint density at radius 3 is 1.34 bits per heavy atom. The lowest BCUT2D eigenvalue weighted by molar-refractivity contribution is -0.166. The molecule has 0 aromatic rings. The van der Waals surface area contributed by atoms with Crippen molar-refractivity contribution in [1.82, 2.24) is 0 Å². The van der Waals surface area contributed by atoms with Crippen LogP contribution in [0.5, 0.6) is 0 Å². The second-order valence-electron chi connectivity index (χ2n) is 15.4. The molecular weight excluding hydrogens is 721 g/mol. The summed E-state index contributed by atoms with van der Waals surface area (Å²) in [5.41, 5.74) is 0. The zero-order valence-corrected chi connectivity index (χ0v) is 37.5. The molecule has 0 aliphatic carbocycles. The quantitative estimate of drug-likeness (QED) is 0.0201. The van der Waals surface area contributed by atoms with E-state index in [1.165, 1.54) is 96.3 Å². The van der Waals surface area contributed by atoms with E-state index in [9.17, 15) is 14.4 Å². The molecule has 0 aliphatic rings. The highest BCUT2D eigenvalue weighted by Crippen LogP contribution is 2.15. The van der Waals surface area contributed by atoms with Gasteiger partial charge in [0.2, 0.25) is 0 Å². The average Bonchev–Trinajstić information content (AvgIpc) is 3.22. The van der Waals surface area contributed by atoms with E-state index in [-0.39, 0.29) is 38.0 Å². The molecule has 6 heteroatoms. The minimum Gasteiger partial charge on any atom is -0.462 e. The molecule has 1 atom stereocenters. The smallest absolute Gasteiger partial charge is 0.309 e. The molecule has 0 amide bonds. The highest BCUT2D eigenvalue weighted by Gasteiger charge is 2.19. The number of hydrogen-bond donors (Lipinski definition) is 0. The van der Waals surface area contributed by atoms with Crippen LogP contribution in [-0.4, -0.2) is 37.2 Å². The predicted molar refractivity (Wildman–Crippen MR) is 247 cm³/mol. The van der Waals surface area contributed by atoms with Crippen molar-refractivity contribution in [2.24, 2.45) is 0 Å². The largest absolute Gasteiger partial charge is 0.462 e. The Morgan fingerprint density at radius 2 is 0.810 bits per heavy atom. The molecule has 0 N–H and O–H groups in total. The first-order chi connectivity index (χ1) is 28.5. The third-order valence-electron chi connectivity index (χ3n) is 9.77. The van der Waals surface area contributed by atoms with Crippen LogP contribution >= 0.6 is 0 Å². The van der Waals surface area contributed by atoms with Crippen LogP contribution in [0, 0.1) is 0 Å². The zero-order valence-electron chi connectivity index (χ0n) is 37.5. The van der Waals surface area contributed by atoms with Gasteiger partial charge in [-0.2, -0.15) is 0 Å². The Hall–Kier alpha value is -3.41. The summed E-state index contributed by atoms with van der Waals surface area (Å²) in [5.74, 6) is -1.09. The van der Waals surface area contributed by atoms with Crippen molar-refractivity contribution >= 4 is 17.9 Å². The molecule has 0 saturated heterocycles. The molecule has 0 aromatic heterocycles. The van der Waals surface area contributed by atoms with Crippen LogP contribution in [0.4, 0.5) is 0 Å². The van der Waals surface area contributed by atoms with E-state index in [0.29, 0.717) is 12.8 Å². The maximum Gasteiger partial charge on any atom is 0.309 e. The molecule has 1 unspecified atom stereocenters. The molecular formula is C52H86O6. The van der Waals surface area contributed by atoms with Gasteiger partial charge in [0.25, 0.3) is 0 Å². The van der Waals surface area contributed by atoms with Crippen LogP contribution in [0.2, 0.25) is 0 Å². The van der Waals surface area contributed by atoms with Gasteiger partial charge in [-0.05, 0) is 51.4 Å². The highest BCUT2D eigenvalue weighted by molar-refractivity contribution is 5.72. The van der Waals surface area contributed by atoms with E-state index >= 15 is 0 Å². The molecule has 58 heavy (non-hydrogen) atoms. The SMILES string of the molecule is CC\C=C/C=C\C=C/C=C\CCCCCC(=O)OC(COC(=O)C/C=C\C/C=C\C/C=C\CC)COC(=O)CCCCCCCCCCCCCCCCCCCC. The Morgan fingerprint density at radius 1 is 0.397 bits per heavy atom. The highest BCUT2D eigenvalue weighted by atomic mass is 16.6. The Kier molecular flexibility index (Phi) is 43.6.